The highest BCUT2D eigenvalue weighted by atomic mass is 16.8. The van der Waals surface area contributed by atoms with Crippen LogP contribution in [0, 0.1) is 0 Å². The smallest absolute Gasteiger partial charge is 0.220 e. The van der Waals surface area contributed by atoms with Crippen molar-refractivity contribution in [2.45, 2.75) is 108 Å². The van der Waals surface area contributed by atoms with E-state index in [4.69, 9.17) is 33.2 Å². The predicted molar refractivity (Wildman–Crippen MR) is 112 cm³/mol. The number of rotatable bonds is 9. The number of methoxy groups -OCH3 is 2. The van der Waals surface area contributed by atoms with Crippen molar-refractivity contribution in [2.75, 3.05) is 27.4 Å². The largest absolute Gasteiger partial charge is 0.371 e. The fourth-order valence-electron chi connectivity index (χ4n) is 4.37. The van der Waals surface area contributed by atoms with Crippen LogP contribution in [0.1, 0.15) is 66.7 Å². The average molecular weight is 429 g/mol. The minimum atomic E-state index is -1.10. The summed E-state index contributed by atoms with van der Waals surface area (Å²) in [5.74, 6) is -2.88. The molecule has 7 nitrogen and oxygen atoms in total. The molecule has 2 aliphatic heterocycles. The van der Waals surface area contributed by atoms with Crippen molar-refractivity contribution in [1.29, 1.82) is 0 Å². The Balaban J connectivity index is 1.80. The lowest BCUT2D eigenvalue weighted by atomic mass is 9.86. The molecule has 0 spiro atoms. The van der Waals surface area contributed by atoms with E-state index in [0.29, 0.717) is 13.2 Å². The maximum absolute atomic E-state index is 6.51. The molecule has 0 saturated carbocycles. The summed E-state index contributed by atoms with van der Waals surface area (Å²) < 4.78 is 42.9. The Morgan fingerprint density at radius 3 is 2.17 bits per heavy atom. The molecule has 3 rings (SSSR count). The van der Waals surface area contributed by atoms with Crippen molar-refractivity contribution >= 4 is 0 Å². The lowest BCUT2D eigenvalue weighted by Crippen LogP contribution is -2.71. The molecular weight excluding hydrogens is 388 g/mol. The van der Waals surface area contributed by atoms with Gasteiger partial charge in [-0.3, -0.25) is 0 Å². The van der Waals surface area contributed by atoms with Gasteiger partial charge in [0.1, 0.15) is 24.4 Å². The summed E-state index contributed by atoms with van der Waals surface area (Å²) in [6, 6.07) is 0. The summed E-state index contributed by atoms with van der Waals surface area (Å²) in [6.07, 6.45) is 6.69. The van der Waals surface area contributed by atoms with Gasteiger partial charge in [-0.25, -0.2) is 0 Å². The van der Waals surface area contributed by atoms with Crippen LogP contribution in [0.3, 0.4) is 0 Å². The summed E-state index contributed by atoms with van der Waals surface area (Å²) in [5.41, 5.74) is 1.02. The van der Waals surface area contributed by atoms with Gasteiger partial charge in [-0.15, -0.1) is 0 Å². The molecule has 2 saturated heterocycles. The van der Waals surface area contributed by atoms with Crippen LogP contribution in [0.5, 0.6) is 0 Å². The van der Waals surface area contributed by atoms with Gasteiger partial charge in [0.25, 0.3) is 0 Å². The van der Waals surface area contributed by atoms with Crippen molar-refractivity contribution in [1.82, 2.24) is 0 Å². The maximum atomic E-state index is 6.51. The third kappa shape index (κ3) is 4.77. The molecule has 30 heavy (non-hydrogen) atoms. The van der Waals surface area contributed by atoms with Gasteiger partial charge in [0.15, 0.2) is 5.79 Å². The Kier molecular flexibility index (Phi) is 7.66. The molecule has 3 aliphatic rings. The molecule has 0 aromatic heterocycles. The first-order valence-corrected chi connectivity index (χ1v) is 11.3. The topological polar surface area (TPSA) is 64.6 Å². The van der Waals surface area contributed by atoms with E-state index in [0.717, 1.165) is 12.0 Å². The normalized spacial score (nSPS) is 40.4. The molecule has 0 radical (unpaired) electrons. The van der Waals surface area contributed by atoms with E-state index in [1.54, 1.807) is 14.2 Å². The lowest BCUT2D eigenvalue weighted by Gasteiger charge is -2.57. The zero-order valence-corrected chi connectivity index (χ0v) is 19.7. The number of fused-ring (bicyclic) bond motifs is 3. The van der Waals surface area contributed by atoms with Crippen LogP contribution in [0.15, 0.2) is 11.6 Å². The Bertz CT molecular complexity index is 606. The van der Waals surface area contributed by atoms with Crippen LogP contribution in [-0.2, 0) is 33.2 Å². The highest BCUT2D eigenvalue weighted by Crippen LogP contribution is 2.46. The fraction of sp³-hybridized carbons (Fsp3) is 0.913. The number of ether oxygens (including phenoxy) is 7. The number of hydrogen-bond donors (Lipinski definition) is 0. The first-order valence-electron chi connectivity index (χ1n) is 11.3. The van der Waals surface area contributed by atoms with Gasteiger partial charge in [-0.1, -0.05) is 32.6 Å². The maximum Gasteiger partial charge on any atom is 0.220 e. The molecule has 2 fully saturated rings. The highest BCUT2D eigenvalue weighted by Gasteiger charge is 2.62. The quantitative estimate of drug-likeness (QED) is 0.407. The van der Waals surface area contributed by atoms with Gasteiger partial charge in [0.05, 0.1) is 6.61 Å². The Morgan fingerprint density at radius 1 is 0.900 bits per heavy atom. The van der Waals surface area contributed by atoms with E-state index < -0.39 is 23.5 Å². The second-order valence-corrected chi connectivity index (χ2v) is 9.18. The monoisotopic (exact) mass is 428 g/mol. The second-order valence-electron chi connectivity index (χ2n) is 9.18. The van der Waals surface area contributed by atoms with E-state index in [2.05, 4.69) is 13.0 Å². The molecule has 1 aliphatic carbocycles. The summed E-state index contributed by atoms with van der Waals surface area (Å²) in [6.45, 7) is 10.9. The SMILES string of the molecule is CCCCCCCO[C@H]1C=C2COC(C)(C)O[C@H]2[C@@H]2O[C@@](C)(OC)[C@](C)(OC)O[C@H]21. The summed E-state index contributed by atoms with van der Waals surface area (Å²) in [4.78, 5) is 0. The second kappa shape index (κ2) is 9.53. The number of hydrogen-bond acceptors (Lipinski definition) is 7. The molecule has 6 atom stereocenters. The minimum absolute atomic E-state index is 0.267. The minimum Gasteiger partial charge on any atom is -0.371 e. The Labute approximate surface area is 181 Å². The van der Waals surface area contributed by atoms with E-state index in [1.807, 2.05) is 27.7 Å². The van der Waals surface area contributed by atoms with Crippen LogP contribution in [0.4, 0.5) is 0 Å². The van der Waals surface area contributed by atoms with Crippen LogP contribution >= 0.6 is 0 Å². The van der Waals surface area contributed by atoms with E-state index in [1.165, 1.54) is 25.7 Å². The van der Waals surface area contributed by atoms with Gasteiger partial charge in [-0.2, -0.15) is 0 Å². The van der Waals surface area contributed by atoms with Gasteiger partial charge in [0.2, 0.25) is 11.6 Å². The van der Waals surface area contributed by atoms with Crippen molar-refractivity contribution in [3.05, 3.63) is 11.6 Å². The van der Waals surface area contributed by atoms with Gasteiger partial charge < -0.3 is 33.2 Å². The lowest BCUT2D eigenvalue weighted by molar-refractivity contribution is -0.465. The molecule has 7 heteroatoms. The summed E-state index contributed by atoms with van der Waals surface area (Å²) >= 11 is 0. The zero-order chi connectivity index (χ0) is 22.0. The van der Waals surface area contributed by atoms with Crippen LogP contribution in [0.2, 0.25) is 0 Å². The first-order chi connectivity index (χ1) is 14.2. The Hall–Kier alpha value is -0.540. The molecule has 174 valence electrons. The van der Waals surface area contributed by atoms with Gasteiger partial charge in [0, 0.05) is 20.8 Å². The number of unbranched alkanes of at least 4 members (excludes halogenated alkanes) is 4. The summed E-state index contributed by atoms with van der Waals surface area (Å²) in [5, 5.41) is 0. The van der Waals surface area contributed by atoms with Crippen molar-refractivity contribution in [2.24, 2.45) is 0 Å². The Morgan fingerprint density at radius 2 is 1.53 bits per heavy atom. The van der Waals surface area contributed by atoms with Gasteiger partial charge >= 0.3 is 0 Å². The first kappa shape index (κ1) is 24.1. The van der Waals surface area contributed by atoms with E-state index in [-0.39, 0.29) is 18.3 Å². The van der Waals surface area contributed by atoms with Crippen molar-refractivity contribution in [3.8, 4) is 0 Å². The molecule has 0 N–H and O–H groups in total. The van der Waals surface area contributed by atoms with Crippen molar-refractivity contribution < 1.29 is 33.2 Å². The van der Waals surface area contributed by atoms with Gasteiger partial charge in [-0.05, 0) is 45.8 Å². The van der Waals surface area contributed by atoms with Crippen LogP contribution in [0.25, 0.3) is 0 Å². The fourth-order valence-corrected chi connectivity index (χ4v) is 4.37. The van der Waals surface area contributed by atoms with Crippen LogP contribution < -0.4 is 0 Å². The average Bonchev–Trinajstić information content (AvgIpc) is 2.71. The molecule has 0 amide bonds. The highest BCUT2D eigenvalue weighted by molar-refractivity contribution is 5.24. The zero-order valence-electron chi connectivity index (χ0n) is 19.7. The molecule has 0 aromatic carbocycles. The third-order valence-corrected chi connectivity index (χ3v) is 6.57. The molecule has 0 aromatic rings. The molecule has 0 unspecified atom stereocenters. The molecule has 2 heterocycles. The van der Waals surface area contributed by atoms with E-state index >= 15 is 0 Å². The molecular formula is C23H40O7. The molecule has 0 bridgehead atoms. The summed E-state index contributed by atoms with van der Waals surface area (Å²) in [7, 11) is 3.20. The standard InChI is InChI=1S/C23H40O7/c1-8-9-10-11-12-13-26-17-14-16-15-27-21(2,3)28-18(16)20-19(17)29-22(4,24-6)23(5,25-7)30-20/h14,17-20H,8-13,15H2,1-7H3/t17-,18+,19-,20-,22+,23+/m0/s1. The third-order valence-electron chi connectivity index (χ3n) is 6.57. The van der Waals surface area contributed by atoms with Crippen molar-refractivity contribution in [3.63, 3.8) is 0 Å². The van der Waals surface area contributed by atoms with E-state index in [9.17, 15) is 0 Å². The predicted octanol–water partition coefficient (Wildman–Crippen LogP) is 3.94. The van der Waals surface area contributed by atoms with Crippen LogP contribution in [-0.4, -0.2) is 69.2 Å².